The number of carboxylic acids is 1. The lowest BCUT2D eigenvalue weighted by Gasteiger charge is -2.24. The van der Waals surface area contributed by atoms with Gasteiger partial charge in [0.2, 0.25) is 5.91 Å². The van der Waals surface area contributed by atoms with Crippen LogP contribution in [0.3, 0.4) is 0 Å². The molecule has 2 rings (SSSR count). The fourth-order valence-corrected chi connectivity index (χ4v) is 2.97. The maximum atomic E-state index is 12.3. The topological polar surface area (TPSA) is 79.3 Å². The molecule has 1 aromatic heterocycles. The highest BCUT2D eigenvalue weighted by molar-refractivity contribution is 7.22. The van der Waals surface area contributed by atoms with Crippen molar-refractivity contribution in [3.63, 3.8) is 0 Å². The van der Waals surface area contributed by atoms with E-state index in [4.69, 9.17) is 0 Å². The average Bonchev–Trinajstić information content (AvgIpc) is 2.82. The maximum absolute atomic E-state index is 12.3. The predicted molar refractivity (Wildman–Crippen MR) is 78.9 cm³/mol. The molecule has 20 heavy (non-hydrogen) atoms. The first-order chi connectivity index (χ1) is 9.53. The molecule has 0 aliphatic carbocycles. The summed E-state index contributed by atoms with van der Waals surface area (Å²) in [5.74, 6) is -1.60. The van der Waals surface area contributed by atoms with Crippen molar-refractivity contribution in [1.29, 1.82) is 0 Å². The molecule has 1 aromatic carbocycles. The van der Waals surface area contributed by atoms with E-state index in [0.29, 0.717) is 5.13 Å². The highest BCUT2D eigenvalue weighted by Crippen LogP contribution is 2.31. The van der Waals surface area contributed by atoms with Crippen LogP contribution in [0.25, 0.3) is 10.2 Å². The van der Waals surface area contributed by atoms with E-state index >= 15 is 0 Å². The summed E-state index contributed by atoms with van der Waals surface area (Å²) in [7, 11) is 0. The Bertz CT molecular complexity index is 614. The standard InChI is InChI=1S/C14H16N2O3S/c1-3-14(4-2,12(18)19)11(17)16-13-15-9-7-5-6-8-10(9)20-13/h5-8H,3-4H2,1-2H3,(H,18,19)(H,15,16,17). The van der Waals surface area contributed by atoms with Gasteiger partial charge in [-0.05, 0) is 25.0 Å². The number of nitrogens with zero attached hydrogens (tertiary/aromatic N) is 1. The Morgan fingerprint density at radius 2 is 1.95 bits per heavy atom. The van der Waals surface area contributed by atoms with Crippen molar-refractivity contribution >= 4 is 38.6 Å². The summed E-state index contributed by atoms with van der Waals surface area (Å²) in [4.78, 5) is 28.0. The number of carboxylic acid groups (broad SMARTS) is 1. The van der Waals surface area contributed by atoms with E-state index in [0.717, 1.165) is 10.2 Å². The Balaban J connectivity index is 2.28. The van der Waals surface area contributed by atoms with Gasteiger partial charge in [0.1, 0.15) is 5.41 Å². The van der Waals surface area contributed by atoms with Crippen LogP contribution in [0.4, 0.5) is 5.13 Å². The molecular formula is C14H16N2O3S. The van der Waals surface area contributed by atoms with Crippen molar-refractivity contribution in [2.24, 2.45) is 5.41 Å². The molecule has 6 heteroatoms. The molecule has 1 heterocycles. The zero-order valence-corrected chi connectivity index (χ0v) is 12.2. The number of carbonyl (C=O) groups excluding carboxylic acids is 1. The first kappa shape index (κ1) is 14.5. The minimum Gasteiger partial charge on any atom is -0.480 e. The number of fused-ring (bicyclic) bond motifs is 1. The molecule has 0 spiro atoms. The van der Waals surface area contributed by atoms with Gasteiger partial charge in [-0.2, -0.15) is 0 Å². The molecule has 0 unspecified atom stereocenters. The summed E-state index contributed by atoms with van der Waals surface area (Å²) in [5, 5.41) is 12.4. The zero-order chi connectivity index (χ0) is 14.8. The Labute approximate surface area is 120 Å². The van der Waals surface area contributed by atoms with E-state index in [2.05, 4.69) is 10.3 Å². The third-order valence-electron chi connectivity index (χ3n) is 3.57. The van der Waals surface area contributed by atoms with E-state index in [-0.39, 0.29) is 12.8 Å². The Kier molecular flexibility index (Phi) is 4.04. The highest BCUT2D eigenvalue weighted by Gasteiger charge is 2.43. The molecule has 0 bridgehead atoms. The molecule has 1 amide bonds. The molecule has 0 atom stereocenters. The molecule has 0 radical (unpaired) electrons. The van der Waals surface area contributed by atoms with Crippen LogP contribution in [0.1, 0.15) is 26.7 Å². The smallest absolute Gasteiger partial charge is 0.319 e. The molecule has 2 aromatic rings. The molecular weight excluding hydrogens is 276 g/mol. The quantitative estimate of drug-likeness (QED) is 0.830. The number of hydrogen-bond acceptors (Lipinski definition) is 4. The van der Waals surface area contributed by atoms with Crippen LogP contribution in [-0.4, -0.2) is 22.0 Å². The van der Waals surface area contributed by atoms with Gasteiger partial charge >= 0.3 is 5.97 Å². The van der Waals surface area contributed by atoms with Gasteiger partial charge in [0.15, 0.2) is 5.13 Å². The largest absolute Gasteiger partial charge is 0.480 e. The SMILES string of the molecule is CCC(CC)(C(=O)O)C(=O)Nc1nc2ccccc2s1. The van der Waals surface area contributed by atoms with Crippen molar-refractivity contribution in [2.45, 2.75) is 26.7 Å². The lowest BCUT2D eigenvalue weighted by molar-refractivity contribution is -0.154. The van der Waals surface area contributed by atoms with Crippen LogP contribution in [-0.2, 0) is 9.59 Å². The minimum atomic E-state index is -1.39. The van der Waals surface area contributed by atoms with Crippen molar-refractivity contribution < 1.29 is 14.7 Å². The van der Waals surface area contributed by atoms with E-state index in [1.807, 2.05) is 24.3 Å². The zero-order valence-electron chi connectivity index (χ0n) is 11.3. The number of aliphatic carboxylic acids is 1. The molecule has 0 aliphatic rings. The van der Waals surface area contributed by atoms with Crippen molar-refractivity contribution in [1.82, 2.24) is 4.98 Å². The maximum Gasteiger partial charge on any atom is 0.319 e. The molecule has 2 N–H and O–H groups in total. The molecule has 0 saturated heterocycles. The molecule has 5 nitrogen and oxygen atoms in total. The van der Waals surface area contributed by atoms with Crippen LogP contribution in [0.15, 0.2) is 24.3 Å². The van der Waals surface area contributed by atoms with Crippen LogP contribution in [0.5, 0.6) is 0 Å². The fourth-order valence-electron chi connectivity index (χ4n) is 2.11. The Morgan fingerprint density at radius 3 is 2.50 bits per heavy atom. The van der Waals surface area contributed by atoms with Crippen molar-refractivity contribution in [3.05, 3.63) is 24.3 Å². The minimum absolute atomic E-state index is 0.246. The second kappa shape index (κ2) is 5.58. The first-order valence-corrected chi connectivity index (χ1v) is 7.25. The van der Waals surface area contributed by atoms with Crippen LogP contribution >= 0.6 is 11.3 Å². The fraction of sp³-hybridized carbons (Fsp3) is 0.357. The number of aromatic nitrogens is 1. The van der Waals surface area contributed by atoms with Crippen LogP contribution in [0, 0.1) is 5.41 Å². The number of rotatable bonds is 5. The molecule has 0 fully saturated rings. The van der Waals surface area contributed by atoms with E-state index < -0.39 is 17.3 Å². The Morgan fingerprint density at radius 1 is 1.30 bits per heavy atom. The third kappa shape index (κ3) is 2.38. The van der Waals surface area contributed by atoms with Gasteiger partial charge in [-0.3, -0.25) is 9.59 Å². The van der Waals surface area contributed by atoms with Gasteiger partial charge in [-0.15, -0.1) is 0 Å². The summed E-state index contributed by atoms with van der Waals surface area (Å²) >= 11 is 1.34. The van der Waals surface area contributed by atoms with Gasteiger partial charge in [0.25, 0.3) is 0 Å². The number of hydrogen-bond donors (Lipinski definition) is 2. The van der Waals surface area contributed by atoms with Gasteiger partial charge in [0, 0.05) is 0 Å². The van der Waals surface area contributed by atoms with Gasteiger partial charge in [0.05, 0.1) is 10.2 Å². The van der Waals surface area contributed by atoms with E-state index in [1.165, 1.54) is 11.3 Å². The van der Waals surface area contributed by atoms with Crippen molar-refractivity contribution in [3.8, 4) is 0 Å². The number of benzene rings is 1. The number of carbonyl (C=O) groups is 2. The summed E-state index contributed by atoms with van der Waals surface area (Å²) < 4.78 is 0.955. The molecule has 0 saturated carbocycles. The third-order valence-corrected chi connectivity index (χ3v) is 4.52. The lowest BCUT2D eigenvalue weighted by atomic mass is 9.81. The van der Waals surface area contributed by atoms with Gasteiger partial charge in [-0.1, -0.05) is 37.3 Å². The summed E-state index contributed by atoms with van der Waals surface area (Å²) in [6.07, 6.45) is 0.491. The first-order valence-electron chi connectivity index (χ1n) is 6.44. The van der Waals surface area contributed by atoms with Gasteiger partial charge in [-0.25, -0.2) is 4.98 Å². The molecule has 106 valence electrons. The van der Waals surface area contributed by atoms with Gasteiger partial charge < -0.3 is 10.4 Å². The van der Waals surface area contributed by atoms with Crippen LogP contribution in [0.2, 0.25) is 0 Å². The number of amides is 1. The summed E-state index contributed by atoms with van der Waals surface area (Å²) in [6.45, 7) is 3.41. The predicted octanol–water partition coefficient (Wildman–Crippen LogP) is 3.13. The summed E-state index contributed by atoms with van der Waals surface area (Å²) in [5.41, 5.74) is -0.598. The number of thiazole rings is 1. The van der Waals surface area contributed by atoms with E-state index in [1.54, 1.807) is 13.8 Å². The summed E-state index contributed by atoms with van der Waals surface area (Å²) in [6, 6.07) is 7.53. The lowest BCUT2D eigenvalue weighted by Crippen LogP contribution is -2.42. The van der Waals surface area contributed by atoms with Crippen LogP contribution < -0.4 is 5.32 Å². The monoisotopic (exact) mass is 292 g/mol. The second-order valence-corrected chi connectivity index (χ2v) is 5.57. The average molecular weight is 292 g/mol. The number of anilines is 1. The van der Waals surface area contributed by atoms with E-state index in [9.17, 15) is 14.7 Å². The molecule has 0 aliphatic heterocycles. The highest BCUT2D eigenvalue weighted by atomic mass is 32.1. The Hall–Kier alpha value is -1.95. The normalized spacial score (nSPS) is 11.5. The number of nitrogens with one attached hydrogen (secondary N) is 1. The van der Waals surface area contributed by atoms with Crippen molar-refractivity contribution in [2.75, 3.05) is 5.32 Å². The second-order valence-electron chi connectivity index (χ2n) is 4.54. The number of para-hydroxylation sites is 1.